The Hall–Kier alpha value is -1.32. The monoisotopic (exact) mass is 291 g/mol. The second kappa shape index (κ2) is 5.47. The molecule has 1 N–H and O–H groups in total. The molecule has 0 spiro atoms. The molecule has 0 saturated heterocycles. The van der Waals surface area contributed by atoms with Crippen LogP contribution < -0.4 is 5.32 Å². The van der Waals surface area contributed by atoms with Crippen LogP contribution in [-0.2, 0) is 9.53 Å². The van der Waals surface area contributed by atoms with Crippen LogP contribution >= 0.6 is 0 Å². The van der Waals surface area contributed by atoms with Crippen LogP contribution in [0.5, 0.6) is 0 Å². The molecule has 0 aliphatic heterocycles. The third kappa shape index (κ3) is 2.60. The SMILES string of the molecule is CC(=O)C1(COC(=O)NC(C)C2CCC2)CC2C=CC1C2. The first-order valence-electron chi connectivity index (χ1n) is 8.14. The molecule has 3 rings (SSSR count). The van der Waals surface area contributed by atoms with E-state index in [9.17, 15) is 9.59 Å². The zero-order valence-electron chi connectivity index (χ0n) is 12.9. The molecular weight excluding hydrogens is 266 g/mol. The minimum atomic E-state index is -0.476. The average Bonchev–Trinajstić information content (AvgIpc) is 2.94. The van der Waals surface area contributed by atoms with E-state index in [1.165, 1.54) is 19.3 Å². The molecule has 4 heteroatoms. The van der Waals surface area contributed by atoms with Crippen LogP contribution in [0.25, 0.3) is 0 Å². The fourth-order valence-electron chi connectivity index (χ4n) is 4.11. The van der Waals surface area contributed by atoms with Crippen LogP contribution in [0.2, 0.25) is 0 Å². The highest BCUT2D eigenvalue weighted by Crippen LogP contribution is 2.52. The largest absolute Gasteiger partial charge is 0.448 e. The molecule has 0 aromatic heterocycles. The predicted octanol–water partition coefficient (Wildman–Crippen LogP) is 3.07. The van der Waals surface area contributed by atoms with Gasteiger partial charge in [-0.2, -0.15) is 0 Å². The summed E-state index contributed by atoms with van der Waals surface area (Å²) in [7, 11) is 0. The summed E-state index contributed by atoms with van der Waals surface area (Å²) in [5.74, 6) is 1.47. The van der Waals surface area contributed by atoms with Crippen molar-refractivity contribution in [2.75, 3.05) is 6.61 Å². The Bertz CT molecular complexity index is 469. The lowest BCUT2D eigenvalue weighted by Crippen LogP contribution is -2.44. The normalized spacial score (nSPS) is 35.3. The Balaban J connectivity index is 1.54. The van der Waals surface area contributed by atoms with Crippen LogP contribution in [0, 0.1) is 23.2 Å². The van der Waals surface area contributed by atoms with E-state index in [-0.39, 0.29) is 30.4 Å². The molecule has 0 heterocycles. The van der Waals surface area contributed by atoms with Gasteiger partial charge in [0.05, 0.1) is 5.41 Å². The maximum Gasteiger partial charge on any atom is 0.407 e. The number of carbonyl (C=O) groups excluding carboxylic acids is 2. The van der Waals surface area contributed by atoms with Gasteiger partial charge >= 0.3 is 6.09 Å². The van der Waals surface area contributed by atoms with Gasteiger partial charge in [0, 0.05) is 6.04 Å². The number of Topliss-reactive ketones (excluding diaryl/α,β-unsaturated/α-hetero) is 1. The van der Waals surface area contributed by atoms with Gasteiger partial charge in [-0.25, -0.2) is 4.79 Å². The molecule has 3 aliphatic carbocycles. The lowest BCUT2D eigenvalue weighted by molar-refractivity contribution is -0.130. The summed E-state index contributed by atoms with van der Waals surface area (Å²) >= 11 is 0. The van der Waals surface area contributed by atoms with Crippen molar-refractivity contribution in [1.82, 2.24) is 5.32 Å². The van der Waals surface area contributed by atoms with Crippen LogP contribution in [0.1, 0.15) is 46.0 Å². The average molecular weight is 291 g/mol. The number of rotatable bonds is 5. The van der Waals surface area contributed by atoms with Gasteiger partial charge in [0.2, 0.25) is 0 Å². The summed E-state index contributed by atoms with van der Waals surface area (Å²) in [6.45, 7) is 3.88. The first-order chi connectivity index (χ1) is 10.0. The number of ketones is 1. The van der Waals surface area contributed by atoms with Crippen molar-refractivity contribution in [1.29, 1.82) is 0 Å². The van der Waals surface area contributed by atoms with E-state index in [0.29, 0.717) is 11.8 Å². The van der Waals surface area contributed by atoms with Gasteiger partial charge < -0.3 is 10.1 Å². The maximum atomic E-state index is 12.1. The van der Waals surface area contributed by atoms with E-state index in [2.05, 4.69) is 17.5 Å². The van der Waals surface area contributed by atoms with Crippen molar-refractivity contribution in [2.24, 2.45) is 23.2 Å². The summed E-state index contributed by atoms with van der Waals surface area (Å²) in [6.07, 6.45) is 9.45. The van der Waals surface area contributed by atoms with Crippen LogP contribution in [0.3, 0.4) is 0 Å². The summed E-state index contributed by atoms with van der Waals surface area (Å²) in [6, 6.07) is 0.166. The number of hydrogen-bond acceptors (Lipinski definition) is 3. The standard InChI is InChI=1S/C17H25NO3/c1-11(14-4-3-5-14)18-16(20)21-10-17(12(2)19)9-13-6-7-15(17)8-13/h6-7,11,13-15H,3-5,8-10H2,1-2H3,(H,18,20). The van der Waals surface area contributed by atoms with Crippen molar-refractivity contribution in [3.63, 3.8) is 0 Å². The molecule has 0 aromatic rings. The van der Waals surface area contributed by atoms with Gasteiger partial charge in [0.15, 0.2) is 0 Å². The lowest BCUT2D eigenvalue weighted by Gasteiger charge is -2.34. The quantitative estimate of drug-likeness (QED) is 0.792. The number of allylic oxidation sites excluding steroid dienone is 2. The zero-order valence-corrected chi connectivity index (χ0v) is 12.9. The summed E-state index contributed by atoms with van der Waals surface area (Å²) in [4.78, 5) is 24.1. The second-order valence-electron chi connectivity index (χ2n) is 7.10. The highest BCUT2D eigenvalue weighted by atomic mass is 16.5. The van der Waals surface area contributed by atoms with Gasteiger partial charge in [0.25, 0.3) is 0 Å². The maximum absolute atomic E-state index is 12.1. The van der Waals surface area contributed by atoms with E-state index in [0.717, 1.165) is 12.8 Å². The molecular formula is C17H25NO3. The molecule has 3 aliphatic rings. The number of ether oxygens (including phenoxy) is 1. The number of fused-ring (bicyclic) bond motifs is 2. The molecule has 0 aromatic carbocycles. The van der Waals surface area contributed by atoms with E-state index in [1.54, 1.807) is 6.92 Å². The van der Waals surface area contributed by atoms with Crippen LogP contribution in [-0.4, -0.2) is 24.5 Å². The molecule has 4 atom stereocenters. The van der Waals surface area contributed by atoms with Crippen molar-refractivity contribution >= 4 is 11.9 Å². The Morgan fingerprint density at radius 1 is 1.38 bits per heavy atom. The summed E-state index contributed by atoms with van der Waals surface area (Å²) < 4.78 is 5.43. The zero-order chi connectivity index (χ0) is 15.0. The van der Waals surface area contributed by atoms with E-state index >= 15 is 0 Å². The fraction of sp³-hybridized carbons (Fsp3) is 0.765. The second-order valence-corrected chi connectivity index (χ2v) is 7.10. The Kier molecular flexibility index (Phi) is 3.80. The number of hydrogen-bond donors (Lipinski definition) is 1. The molecule has 4 nitrogen and oxygen atoms in total. The van der Waals surface area contributed by atoms with Crippen molar-refractivity contribution in [2.45, 2.75) is 52.0 Å². The predicted molar refractivity (Wildman–Crippen MR) is 79.8 cm³/mol. The first-order valence-corrected chi connectivity index (χ1v) is 8.14. The van der Waals surface area contributed by atoms with E-state index in [4.69, 9.17) is 4.74 Å². The van der Waals surface area contributed by atoms with Gasteiger partial charge in [-0.1, -0.05) is 18.6 Å². The van der Waals surface area contributed by atoms with Gasteiger partial charge in [-0.05, 0) is 57.3 Å². The molecule has 116 valence electrons. The van der Waals surface area contributed by atoms with Gasteiger partial charge in [-0.15, -0.1) is 0 Å². The van der Waals surface area contributed by atoms with Gasteiger partial charge in [0.1, 0.15) is 12.4 Å². The number of carbonyl (C=O) groups is 2. The Morgan fingerprint density at radius 2 is 2.14 bits per heavy atom. The van der Waals surface area contributed by atoms with Crippen molar-refractivity contribution in [3.05, 3.63) is 12.2 Å². The Labute approximate surface area is 126 Å². The van der Waals surface area contributed by atoms with Crippen molar-refractivity contribution in [3.8, 4) is 0 Å². The Morgan fingerprint density at radius 3 is 2.62 bits per heavy atom. The molecule has 0 radical (unpaired) electrons. The highest BCUT2D eigenvalue weighted by Gasteiger charge is 2.52. The van der Waals surface area contributed by atoms with Crippen molar-refractivity contribution < 1.29 is 14.3 Å². The van der Waals surface area contributed by atoms with Crippen LogP contribution in [0.15, 0.2) is 12.2 Å². The number of amides is 1. The summed E-state index contributed by atoms with van der Waals surface area (Å²) in [5.41, 5.74) is -0.476. The molecule has 1 amide bonds. The molecule has 4 unspecified atom stereocenters. The molecule has 2 bridgehead atoms. The highest BCUT2D eigenvalue weighted by molar-refractivity contribution is 5.84. The third-order valence-corrected chi connectivity index (χ3v) is 5.87. The molecule has 21 heavy (non-hydrogen) atoms. The first kappa shape index (κ1) is 14.6. The smallest absolute Gasteiger partial charge is 0.407 e. The lowest BCUT2D eigenvalue weighted by atomic mass is 9.73. The van der Waals surface area contributed by atoms with E-state index in [1.807, 2.05) is 6.92 Å². The molecule has 2 saturated carbocycles. The fourth-order valence-corrected chi connectivity index (χ4v) is 4.11. The van der Waals surface area contributed by atoms with Crippen LogP contribution in [0.4, 0.5) is 4.79 Å². The molecule has 2 fully saturated rings. The van der Waals surface area contributed by atoms with Gasteiger partial charge in [-0.3, -0.25) is 4.79 Å². The topological polar surface area (TPSA) is 55.4 Å². The third-order valence-electron chi connectivity index (χ3n) is 5.87. The number of alkyl carbamates (subject to hydrolysis) is 1. The van der Waals surface area contributed by atoms with E-state index < -0.39 is 5.41 Å². The summed E-state index contributed by atoms with van der Waals surface area (Å²) in [5, 5.41) is 2.92. The minimum Gasteiger partial charge on any atom is -0.448 e. The minimum absolute atomic E-state index is 0.152. The number of nitrogens with one attached hydrogen (secondary N) is 1.